The molecule has 0 rings (SSSR count). The lowest BCUT2D eigenvalue weighted by Crippen LogP contribution is -1.000. The molecule has 0 N–H and O–H groups in total. The van der Waals surface area contributed by atoms with Gasteiger partial charge in [-0.2, -0.15) is 0 Å². The summed E-state index contributed by atoms with van der Waals surface area (Å²) in [5, 5.41) is 0. The van der Waals surface area contributed by atoms with Crippen LogP contribution in [0.2, 0.25) is 0 Å². The smallest absolute Gasteiger partial charge is 0.00400 e. The fourth-order valence-corrected chi connectivity index (χ4v) is 0. The predicted octanol–water partition coefficient (Wildman–Crippen LogP) is 1.85. The Kier molecular flexibility index (Phi) is 1.75. The van der Waals surface area contributed by atoms with Gasteiger partial charge in [0.15, 0.2) is 0 Å². The van der Waals surface area contributed by atoms with Crippen molar-refractivity contribution in [2.75, 3.05) is 0 Å². The van der Waals surface area contributed by atoms with Gasteiger partial charge in [0.05, 0.1) is 4.20 Å². The Morgan fingerprint density at radius 3 is 2.00 bits per heavy atom. The molecular weight excluding hydrogens is 101 g/mol. The molecule has 0 spiro atoms. The lowest BCUT2D eigenvalue weighted by Gasteiger charge is -1.20. The van der Waals surface area contributed by atoms with Gasteiger partial charge in [0.1, 0.15) is 0 Å². The number of hydrogen-bond donors (Lipinski definition) is 0. The van der Waals surface area contributed by atoms with Gasteiger partial charge in [-0.3, -0.25) is 0 Å². The van der Waals surface area contributed by atoms with Gasteiger partial charge in [0.25, 0.3) is 0 Å². The van der Waals surface area contributed by atoms with E-state index in [1.54, 1.807) is 0 Å². The molecule has 0 saturated heterocycles. The average molecular weight is 101 g/mol. The van der Waals surface area contributed by atoms with E-state index >= 15 is 0 Å². The zero-order chi connectivity index (χ0) is 3.58. The van der Waals surface area contributed by atoms with E-state index in [0.717, 1.165) is 0 Å². The van der Waals surface area contributed by atoms with Crippen LogP contribution in [0, 0.1) is 0 Å². The van der Waals surface area contributed by atoms with Crippen LogP contribution in [-0.2, 0) is 4.57 Å². The van der Waals surface area contributed by atoms with Crippen LogP contribution in [0.15, 0.2) is 0 Å². The summed E-state index contributed by atoms with van der Waals surface area (Å²) in [4.78, 5) is 0. The predicted molar refractivity (Wildman–Crippen MR) is 14.6 cm³/mol. The molecule has 0 aliphatic heterocycles. The maximum Gasteiger partial charge on any atom is 0.680 e. The molecular formula is ClFOP+. The van der Waals surface area contributed by atoms with E-state index in [9.17, 15) is 4.20 Å². The molecule has 0 aromatic rings. The van der Waals surface area contributed by atoms with Gasteiger partial charge in [0, 0.05) is 0 Å². The van der Waals surface area contributed by atoms with Crippen molar-refractivity contribution in [3.05, 3.63) is 0 Å². The molecule has 4 heavy (non-hydrogen) atoms. The van der Waals surface area contributed by atoms with Crippen LogP contribution >= 0.6 is 18.7 Å². The van der Waals surface area contributed by atoms with E-state index in [0.29, 0.717) is 0 Å². The highest BCUT2D eigenvalue weighted by atomic mass is 35.7. The molecule has 1 atom stereocenters. The Morgan fingerprint density at radius 2 is 2.00 bits per heavy atom. The molecule has 1 unspecified atom stereocenters. The fourth-order valence-electron chi connectivity index (χ4n) is 0. The monoisotopic (exact) mass is 101 g/mol. The number of halogens is 2. The van der Waals surface area contributed by atoms with Crippen LogP contribution in [0.5, 0.6) is 0 Å². The van der Waals surface area contributed by atoms with Crippen molar-refractivity contribution in [3.63, 3.8) is 0 Å². The first kappa shape index (κ1) is 4.32. The van der Waals surface area contributed by atoms with Gasteiger partial charge in [-0.15, -0.1) is 0 Å². The van der Waals surface area contributed by atoms with Crippen molar-refractivity contribution in [3.8, 4) is 0 Å². The Labute approximate surface area is 28.5 Å². The van der Waals surface area contributed by atoms with Crippen LogP contribution in [0.1, 0.15) is 0 Å². The molecule has 0 fully saturated rings. The van der Waals surface area contributed by atoms with Gasteiger partial charge in [-0.05, 0) is 4.57 Å². The summed E-state index contributed by atoms with van der Waals surface area (Å²) in [6, 6.07) is 0. The van der Waals surface area contributed by atoms with Crippen LogP contribution in [0.25, 0.3) is 0 Å². The average Bonchev–Trinajstić information content (AvgIpc) is 0.811. The normalized spacial score (nSPS) is 11.0. The highest BCUT2D eigenvalue weighted by molar-refractivity contribution is 7.69. The van der Waals surface area contributed by atoms with Gasteiger partial charge < -0.3 is 0 Å². The zero-order valence-electron chi connectivity index (χ0n) is 1.61. The molecule has 0 bridgehead atoms. The lowest BCUT2D eigenvalue weighted by molar-refractivity contribution is 0.571. The first-order chi connectivity index (χ1) is 1.73. The van der Waals surface area contributed by atoms with Crippen molar-refractivity contribution in [2.45, 2.75) is 0 Å². The molecule has 0 aromatic heterocycles. The number of rotatable bonds is 0. The summed E-state index contributed by atoms with van der Waals surface area (Å²) in [6.45, 7) is 0. The van der Waals surface area contributed by atoms with Gasteiger partial charge in [0.2, 0.25) is 11.2 Å². The second kappa shape index (κ2) is 1.62. The molecule has 0 heterocycles. The van der Waals surface area contributed by atoms with Crippen molar-refractivity contribution in [2.24, 2.45) is 0 Å². The SMILES string of the molecule is O=[P+](F)Cl. The van der Waals surface area contributed by atoms with Gasteiger partial charge in [-0.1, -0.05) is 0 Å². The molecule has 24 valence electrons. The molecule has 0 saturated carbocycles. The summed E-state index contributed by atoms with van der Waals surface area (Å²) >= 11 is 4.12. The Bertz CT molecular complexity index is 31.0. The minimum atomic E-state index is -2.90. The minimum absolute atomic E-state index is 2.90. The molecule has 0 aromatic carbocycles. The molecule has 0 amide bonds. The van der Waals surface area contributed by atoms with Crippen molar-refractivity contribution in [1.82, 2.24) is 0 Å². The maximum atomic E-state index is 10.3. The Balaban J connectivity index is 2.80. The third-order valence-corrected chi connectivity index (χ3v) is 0. The first-order valence-corrected chi connectivity index (χ1v) is 2.58. The fraction of sp³-hybridized carbons (Fsp3) is 0. The van der Waals surface area contributed by atoms with E-state index in [4.69, 9.17) is 4.57 Å². The third kappa shape index (κ3) is 39.5. The largest absolute Gasteiger partial charge is 0.680 e. The summed E-state index contributed by atoms with van der Waals surface area (Å²) in [7, 11) is -2.90. The first-order valence-electron chi connectivity index (χ1n) is 0.521. The molecule has 4 heteroatoms. The van der Waals surface area contributed by atoms with E-state index in [2.05, 4.69) is 11.2 Å². The second-order valence-electron chi connectivity index (χ2n) is 0.202. The summed E-state index contributed by atoms with van der Waals surface area (Å²) < 4.78 is 19.0. The van der Waals surface area contributed by atoms with Crippen molar-refractivity contribution >= 4 is 18.7 Å². The standard InChI is InChI=1S/ClFOP/c1-4(2)3/q+1. The maximum absolute atomic E-state index is 10.3. The van der Waals surface area contributed by atoms with Crippen molar-refractivity contribution in [1.29, 1.82) is 0 Å². The zero-order valence-corrected chi connectivity index (χ0v) is 3.26. The Hall–Kier alpha value is 0.320. The van der Waals surface area contributed by atoms with Crippen LogP contribution in [0.3, 0.4) is 0 Å². The van der Waals surface area contributed by atoms with Crippen LogP contribution in [-0.4, -0.2) is 0 Å². The van der Waals surface area contributed by atoms with Crippen LogP contribution in [0.4, 0.5) is 4.20 Å². The van der Waals surface area contributed by atoms with E-state index in [1.165, 1.54) is 0 Å². The highest BCUT2D eigenvalue weighted by Gasteiger charge is 2.01. The molecule has 0 aliphatic rings. The topological polar surface area (TPSA) is 17.1 Å². The summed E-state index contributed by atoms with van der Waals surface area (Å²) in [6.07, 6.45) is 0. The molecule has 0 aliphatic carbocycles. The quantitative estimate of drug-likeness (QED) is 0.426. The molecule has 1 nitrogen and oxygen atoms in total. The van der Waals surface area contributed by atoms with Gasteiger partial charge in [-0.25, -0.2) is 0 Å². The number of hydrogen-bond acceptors (Lipinski definition) is 1. The summed E-state index contributed by atoms with van der Waals surface area (Å²) in [5.41, 5.74) is 0. The third-order valence-electron chi connectivity index (χ3n) is 0. The van der Waals surface area contributed by atoms with Crippen molar-refractivity contribution < 1.29 is 8.76 Å². The van der Waals surface area contributed by atoms with E-state index in [1.807, 2.05) is 0 Å². The molecule has 0 radical (unpaired) electrons. The lowest BCUT2D eigenvalue weighted by atomic mass is 16.0. The van der Waals surface area contributed by atoms with E-state index < -0.39 is 7.46 Å². The van der Waals surface area contributed by atoms with E-state index in [-0.39, 0.29) is 0 Å². The highest BCUT2D eigenvalue weighted by Crippen LogP contribution is 2.26. The Morgan fingerprint density at radius 1 is 2.00 bits per heavy atom. The second-order valence-corrected chi connectivity index (χ2v) is 1.40. The van der Waals surface area contributed by atoms with Crippen LogP contribution < -0.4 is 0 Å². The minimum Gasteiger partial charge on any atom is -0.00400 e. The summed E-state index contributed by atoms with van der Waals surface area (Å²) in [5.74, 6) is 0. The van der Waals surface area contributed by atoms with Gasteiger partial charge >= 0.3 is 7.46 Å².